The van der Waals surface area contributed by atoms with E-state index in [0.29, 0.717) is 6.04 Å². The fourth-order valence-corrected chi connectivity index (χ4v) is 2.90. The molecule has 1 aliphatic rings. The summed E-state index contributed by atoms with van der Waals surface area (Å²) in [5, 5.41) is 4.36. The second kappa shape index (κ2) is 5.74. The summed E-state index contributed by atoms with van der Waals surface area (Å²) >= 11 is 6.12. The van der Waals surface area contributed by atoms with Crippen molar-refractivity contribution in [3.8, 4) is 5.75 Å². The second-order valence-corrected chi connectivity index (χ2v) is 5.20. The molecule has 1 fully saturated rings. The van der Waals surface area contributed by atoms with Crippen LogP contribution < -0.4 is 10.1 Å². The van der Waals surface area contributed by atoms with Crippen molar-refractivity contribution in [3.63, 3.8) is 0 Å². The van der Waals surface area contributed by atoms with Crippen LogP contribution in [-0.2, 0) is 6.42 Å². The van der Waals surface area contributed by atoms with Crippen LogP contribution in [0.3, 0.4) is 0 Å². The van der Waals surface area contributed by atoms with E-state index in [4.69, 9.17) is 16.3 Å². The summed E-state index contributed by atoms with van der Waals surface area (Å²) in [5.74, 6) is 0.988. The van der Waals surface area contributed by atoms with Crippen molar-refractivity contribution in [1.82, 2.24) is 5.32 Å². The lowest BCUT2D eigenvalue weighted by Gasteiger charge is -2.24. The average Bonchev–Trinajstić information content (AvgIpc) is 2.30. The number of halogens is 1. The van der Waals surface area contributed by atoms with Gasteiger partial charge in [-0.2, -0.15) is 0 Å². The molecule has 0 amide bonds. The number of benzene rings is 1. The molecule has 0 radical (unpaired) electrons. The third kappa shape index (κ3) is 3.14. The van der Waals surface area contributed by atoms with Crippen LogP contribution in [0.5, 0.6) is 5.75 Å². The number of ether oxygens (including phenoxy) is 1. The highest BCUT2D eigenvalue weighted by Crippen LogP contribution is 2.29. The molecular weight excluding hydrogens is 234 g/mol. The van der Waals surface area contributed by atoms with Gasteiger partial charge in [0, 0.05) is 11.1 Å². The molecule has 2 nitrogen and oxygen atoms in total. The zero-order valence-corrected chi connectivity index (χ0v) is 11.3. The standard InChI is InChI=1S/C14H20ClNO/c1-10-7-12(15)8-11(14(10)17-2)9-13-5-3-4-6-16-13/h7-8,13,16H,3-6,9H2,1-2H3. The Balaban J connectivity index is 2.18. The topological polar surface area (TPSA) is 21.3 Å². The van der Waals surface area contributed by atoms with E-state index in [2.05, 4.69) is 5.32 Å². The predicted octanol–water partition coefficient (Wildman–Crippen LogP) is 3.34. The van der Waals surface area contributed by atoms with E-state index in [1.54, 1.807) is 7.11 Å². The maximum Gasteiger partial charge on any atom is 0.125 e. The van der Waals surface area contributed by atoms with Gasteiger partial charge in [-0.25, -0.2) is 0 Å². The van der Waals surface area contributed by atoms with Crippen LogP contribution in [0.4, 0.5) is 0 Å². The SMILES string of the molecule is COc1c(C)cc(Cl)cc1CC1CCCCN1. The van der Waals surface area contributed by atoms with E-state index in [1.807, 2.05) is 19.1 Å². The minimum absolute atomic E-state index is 0.565. The van der Waals surface area contributed by atoms with Gasteiger partial charge in [0.05, 0.1) is 7.11 Å². The molecular formula is C14H20ClNO. The number of hydrogen-bond donors (Lipinski definition) is 1. The number of aryl methyl sites for hydroxylation is 1. The first-order valence-corrected chi connectivity index (χ1v) is 6.65. The first kappa shape index (κ1) is 12.7. The summed E-state index contributed by atoms with van der Waals surface area (Å²) < 4.78 is 5.49. The summed E-state index contributed by atoms with van der Waals surface area (Å²) in [6, 6.07) is 4.55. The fourth-order valence-electron chi connectivity index (χ4n) is 2.61. The lowest BCUT2D eigenvalue weighted by atomic mass is 9.96. The minimum Gasteiger partial charge on any atom is -0.496 e. The van der Waals surface area contributed by atoms with E-state index in [1.165, 1.54) is 24.8 Å². The van der Waals surface area contributed by atoms with Crippen molar-refractivity contribution in [3.05, 3.63) is 28.3 Å². The van der Waals surface area contributed by atoms with Gasteiger partial charge in [-0.3, -0.25) is 0 Å². The van der Waals surface area contributed by atoms with Gasteiger partial charge < -0.3 is 10.1 Å². The Labute approximate surface area is 108 Å². The Bertz CT molecular complexity index is 386. The van der Waals surface area contributed by atoms with Gasteiger partial charge in [0.25, 0.3) is 0 Å². The maximum absolute atomic E-state index is 6.12. The van der Waals surface area contributed by atoms with Crippen LogP contribution in [-0.4, -0.2) is 19.7 Å². The number of methoxy groups -OCH3 is 1. The molecule has 0 aliphatic carbocycles. The lowest BCUT2D eigenvalue weighted by molar-refractivity contribution is 0.380. The van der Waals surface area contributed by atoms with Gasteiger partial charge in [0.15, 0.2) is 0 Å². The van der Waals surface area contributed by atoms with Gasteiger partial charge in [0.2, 0.25) is 0 Å². The minimum atomic E-state index is 0.565. The summed E-state index contributed by atoms with van der Waals surface area (Å²) in [6.45, 7) is 3.18. The highest BCUT2D eigenvalue weighted by Gasteiger charge is 2.16. The predicted molar refractivity (Wildman–Crippen MR) is 72.1 cm³/mol. The summed E-state index contributed by atoms with van der Waals surface area (Å²) in [7, 11) is 1.73. The summed E-state index contributed by atoms with van der Waals surface area (Å²) in [6.07, 6.45) is 4.86. The van der Waals surface area contributed by atoms with Crippen LogP contribution >= 0.6 is 11.6 Å². The molecule has 2 rings (SSSR count). The van der Waals surface area contributed by atoms with E-state index in [9.17, 15) is 0 Å². The highest BCUT2D eigenvalue weighted by molar-refractivity contribution is 6.30. The quantitative estimate of drug-likeness (QED) is 0.892. The van der Waals surface area contributed by atoms with Gasteiger partial charge in [-0.15, -0.1) is 0 Å². The molecule has 1 saturated heterocycles. The summed E-state index contributed by atoms with van der Waals surface area (Å²) in [5.41, 5.74) is 2.34. The number of hydrogen-bond acceptors (Lipinski definition) is 2. The molecule has 17 heavy (non-hydrogen) atoms. The van der Waals surface area contributed by atoms with Crippen molar-refractivity contribution >= 4 is 11.6 Å². The molecule has 3 heteroatoms. The van der Waals surface area contributed by atoms with Gasteiger partial charge >= 0.3 is 0 Å². The Morgan fingerprint density at radius 1 is 1.41 bits per heavy atom. The lowest BCUT2D eigenvalue weighted by Crippen LogP contribution is -2.35. The molecule has 1 heterocycles. The maximum atomic E-state index is 6.12. The van der Waals surface area contributed by atoms with Gasteiger partial charge in [0.1, 0.15) is 5.75 Å². The zero-order valence-electron chi connectivity index (χ0n) is 10.6. The molecule has 1 atom stereocenters. The highest BCUT2D eigenvalue weighted by atomic mass is 35.5. The Kier molecular flexibility index (Phi) is 4.30. The van der Waals surface area contributed by atoms with Crippen molar-refractivity contribution in [1.29, 1.82) is 0 Å². The molecule has 0 bridgehead atoms. The van der Waals surface area contributed by atoms with Crippen LogP contribution in [0, 0.1) is 6.92 Å². The normalized spacial score (nSPS) is 20.3. The molecule has 94 valence electrons. The molecule has 0 aromatic heterocycles. The second-order valence-electron chi connectivity index (χ2n) is 4.77. The third-order valence-corrected chi connectivity index (χ3v) is 3.62. The Morgan fingerprint density at radius 2 is 2.24 bits per heavy atom. The summed E-state index contributed by atoms with van der Waals surface area (Å²) in [4.78, 5) is 0. The number of piperidine rings is 1. The van der Waals surface area contributed by atoms with Gasteiger partial charge in [-0.1, -0.05) is 18.0 Å². The van der Waals surface area contributed by atoms with Crippen LogP contribution in [0.1, 0.15) is 30.4 Å². The molecule has 1 aromatic carbocycles. The smallest absolute Gasteiger partial charge is 0.125 e. The molecule has 1 N–H and O–H groups in total. The average molecular weight is 254 g/mol. The van der Waals surface area contributed by atoms with Crippen LogP contribution in [0.15, 0.2) is 12.1 Å². The first-order valence-electron chi connectivity index (χ1n) is 6.27. The molecule has 0 spiro atoms. The fraction of sp³-hybridized carbons (Fsp3) is 0.571. The van der Waals surface area contributed by atoms with Crippen LogP contribution in [0.2, 0.25) is 5.02 Å². The van der Waals surface area contributed by atoms with E-state index < -0.39 is 0 Å². The number of rotatable bonds is 3. The first-order chi connectivity index (χ1) is 8.20. The van der Waals surface area contributed by atoms with Crippen LogP contribution in [0.25, 0.3) is 0 Å². The third-order valence-electron chi connectivity index (χ3n) is 3.40. The largest absolute Gasteiger partial charge is 0.496 e. The Hall–Kier alpha value is -0.730. The molecule has 1 aromatic rings. The van der Waals surface area contributed by atoms with E-state index in [0.717, 1.165) is 29.3 Å². The van der Waals surface area contributed by atoms with Crippen molar-refractivity contribution in [2.24, 2.45) is 0 Å². The Morgan fingerprint density at radius 3 is 2.88 bits per heavy atom. The molecule has 0 saturated carbocycles. The van der Waals surface area contributed by atoms with E-state index in [-0.39, 0.29) is 0 Å². The molecule has 1 unspecified atom stereocenters. The monoisotopic (exact) mass is 253 g/mol. The zero-order chi connectivity index (χ0) is 12.3. The van der Waals surface area contributed by atoms with E-state index >= 15 is 0 Å². The van der Waals surface area contributed by atoms with Crippen molar-refractivity contribution in [2.75, 3.05) is 13.7 Å². The van der Waals surface area contributed by atoms with Gasteiger partial charge in [-0.05, 0) is 56.0 Å². The number of nitrogens with one attached hydrogen (secondary N) is 1. The van der Waals surface area contributed by atoms with Crippen molar-refractivity contribution < 1.29 is 4.74 Å². The molecule has 1 aliphatic heterocycles. The van der Waals surface area contributed by atoms with Crippen molar-refractivity contribution in [2.45, 2.75) is 38.6 Å².